The molecule has 2 amide bonds. The number of aliphatic hydroxyl groups excluding tert-OH is 1. The van der Waals surface area contributed by atoms with E-state index in [1.54, 1.807) is 4.90 Å². The molecule has 2 rings (SSSR count). The second kappa shape index (κ2) is 6.77. The molecule has 0 aliphatic heterocycles. The number of likely N-dealkylation sites (N-methyl/N-ethyl adjacent to an activating group) is 1. The smallest absolute Gasteiger partial charge is 0.321 e. The summed E-state index contributed by atoms with van der Waals surface area (Å²) in [6.07, 6.45) is 3.93. The van der Waals surface area contributed by atoms with Gasteiger partial charge in [-0.3, -0.25) is 0 Å². The van der Waals surface area contributed by atoms with Crippen LogP contribution in [0.1, 0.15) is 6.92 Å². The molecule has 0 aliphatic carbocycles. The molecule has 2 aromatic rings. The number of carbonyl (C=O) groups excluding carboxylic acids is 1. The highest BCUT2D eigenvalue weighted by Gasteiger charge is 2.10. The van der Waals surface area contributed by atoms with E-state index in [0.29, 0.717) is 13.1 Å². The maximum absolute atomic E-state index is 11.9. The lowest BCUT2D eigenvalue weighted by molar-refractivity contribution is 0.192. The van der Waals surface area contributed by atoms with Crippen LogP contribution in [-0.4, -0.2) is 40.3 Å². The van der Waals surface area contributed by atoms with Gasteiger partial charge in [-0.2, -0.15) is 0 Å². The Balaban J connectivity index is 2.02. The predicted molar refractivity (Wildman–Crippen MR) is 79.1 cm³/mol. The highest BCUT2D eigenvalue weighted by molar-refractivity contribution is 5.89. The van der Waals surface area contributed by atoms with Gasteiger partial charge in [0.15, 0.2) is 0 Å². The summed E-state index contributed by atoms with van der Waals surface area (Å²) in [7, 11) is 0. The van der Waals surface area contributed by atoms with Crippen LogP contribution in [0.15, 0.2) is 48.8 Å². The molecular weight excluding hydrogens is 254 g/mol. The Morgan fingerprint density at radius 3 is 2.45 bits per heavy atom. The van der Waals surface area contributed by atoms with Gasteiger partial charge in [-0.1, -0.05) is 0 Å². The van der Waals surface area contributed by atoms with E-state index in [1.165, 1.54) is 0 Å². The van der Waals surface area contributed by atoms with Crippen LogP contribution in [-0.2, 0) is 0 Å². The molecular formula is C15H19N3O2. The number of rotatable bonds is 5. The lowest BCUT2D eigenvalue weighted by Gasteiger charge is -2.20. The van der Waals surface area contributed by atoms with Crippen LogP contribution in [0, 0.1) is 0 Å². The van der Waals surface area contributed by atoms with Crippen molar-refractivity contribution < 1.29 is 9.90 Å². The number of anilines is 1. The van der Waals surface area contributed by atoms with Crippen LogP contribution in [0.25, 0.3) is 5.69 Å². The second-order valence-corrected chi connectivity index (χ2v) is 4.37. The second-order valence-electron chi connectivity index (χ2n) is 4.37. The minimum absolute atomic E-state index is 0.0339. The van der Waals surface area contributed by atoms with Crippen molar-refractivity contribution in [3.05, 3.63) is 48.8 Å². The Hall–Kier alpha value is -2.27. The van der Waals surface area contributed by atoms with Crippen LogP contribution in [0.3, 0.4) is 0 Å². The molecule has 0 aliphatic rings. The zero-order chi connectivity index (χ0) is 14.4. The highest BCUT2D eigenvalue weighted by Crippen LogP contribution is 2.14. The van der Waals surface area contributed by atoms with Gasteiger partial charge < -0.3 is 19.9 Å². The Kier molecular flexibility index (Phi) is 4.79. The number of urea groups is 1. The molecule has 5 nitrogen and oxygen atoms in total. The van der Waals surface area contributed by atoms with Crippen LogP contribution in [0.2, 0.25) is 0 Å². The molecule has 1 heterocycles. The predicted octanol–water partition coefficient (Wildman–Crippen LogP) is 2.32. The van der Waals surface area contributed by atoms with E-state index in [0.717, 1.165) is 11.4 Å². The van der Waals surface area contributed by atoms with E-state index in [2.05, 4.69) is 5.32 Å². The fourth-order valence-corrected chi connectivity index (χ4v) is 1.95. The molecule has 2 N–H and O–H groups in total. The highest BCUT2D eigenvalue weighted by atomic mass is 16.3. The van der Waals surface area contributed by atoms with Crippen LogP contribution >= 0.6 is 0 Å². The zero-order valence-electron chi connectivity index (χ0n) is 11.5. The number of carbonyl (C=O) groups is 1. The van der Waals surface area contributed by atoms with Gasteiger partial charge in [0.1, 0.15) is 0 Å². The topological polar surface area (TPSA) is 57.5 Å². The van der Waals surface area contributed by atoms with Gasteiger partial charge >= 0.3 is 6.03 Å². The number of hydrogen-bond acceptors (Lipinski definition) is 2. The lowest BCUT2D eigenvalue weighted by Crippen LogP contribution is -2.36. The number of hydrogen-bond donors (Lipinski definition) is 2. The number of amides is 2. The van der Waals surface area contributed by atoms with Gasteiger partial charge in [0, 0.05) is 36.9 Å². The first-order valence-corrected chi connectivity index (χ1v) is 6.64. The summed E-state index contributed by atoms with van der Waals surface area (Å²) < 4.78 is 2.00. The number of aromatic nitrogens is 1. The normalized spacial score (nSPS) is 10.3. The van der Waals surface area contributed by atoms with Crippen molar-refractivity contribution in [1.29, 1.82) is 0 Å². The van der Waals surface area contributed by atoms with Gasteiger partial charge in [0.05, 0.1) is 6.61 Å². The van der Waals surface area contributed by atoms with Crippen molar-refractivity contribution in [3.63, 3.8) is 0 Å². The average molecular weight is 273 g/mol. The lowest BCUT2D eigenvalue weighted by atomic mass is 10.3. The average Bonchev–Trinajstić information content (AvgIpc) is 2.99. The van der Waals surface area contributed by atoms with Gasteiger partial charge in [-0.15, -0.1) is 0 Å². The van der Waals surface area contributed by atoms with Crippen LogP contribution in [0.5, 0.6) is 0 Å². The Bertz CT molecular complexity index is 535. The summed E-state index contributed by atoms with van der Waals surface area (Å²) >= 11 is 0. The van der Waals surface area contributed by atoms with Crippen molar-refractivity contribution in [1.82, 2.24) is 9.47 Å². The standard InChI is InChI=1S/C15H19N3O2/c1-2-17(11-12-19)15(20)16-13-5-7-14(8-6-13)18-9-3-4-10-18/h3-10,19H,2,11-12H2,1H3,(H,16,20). The van der Waals surface area contributed by atoms with Gasteiger partial charge in [-0.25, -0.2) is 4.79 Å². The fourth-order valence-electron chi connectivity index (χ4n) is 1.95. The van der Waals surface area contributed by atoms with Crippen LogP contribution in [0.4, 0.5) is 10.5 Å². The number of benzene rings is 1. The van der Waals surface area contributed by atoms with E-state index in [9.17, 15) is 4.79 Å². The first kappa shape index (κ1) is 14.1. The minimum Gasteiger partial charge on any atom is -0.395 e. The molecule has 0 saturated heterocycles. The zero-order valence-corrected chi connectivity index (χ0v) is 11.5. The maximum atomic E-state index is 11.9. The Labute approximate surface area is 118 Å². The molecule has 106 valence electrons. The molecule has 0 spiro atoms. The van der Waals surface area contributed by atoms with Crippen molar-refractivity contribution in [2.24, 2.45) is 0 Å². The van der Waals surface area contributed by atoms with Gasteiger partial charge in [0.25, 0.3) is 0 Å². The molecule has 1 aromatic carbocycles. The summed E-state index contributed by atoms with van der Waals surface area (Å²) in [6.45, 7) is 2.75. The molecule has 0 fully saturated rings. The van der Waals surface area contributed by atoms with E-state index in [-0.39, 0.29) is 12.6 Å². The molecule has 0 bridgehead atoms. The molecule has 0 atom stereocenters. The molecule has 20 heavy (non-hydrogen) atoms. The van der Waals surface area contributed by atoms with Crippen molar-refractivity contribution in [2.45, 2.75) is 6.92 Å². The maximum Gasteiger partial charge on any atom is 0.321 e. The number of nitrogens with one attached hydrogen (secondary N) is 1. The van der Waals surface area contributed by atoms with Crippen molar-refractivity contribution >= 4 is 11.7 Å². The number of aliphatic hydroxyl groups is 1. The largest absolute Gasteiger partial charge is 0.395 e. The third-order valence-corrected chi connectivity index (χ3v) is 3.06. The van der Waals surface area contributed by atoms with E-state index >= 15 is 0 Å². The van der Waals surface area contributed by atoms with Crippen molar-refractivity contribution in [2.75, 3.05) is 25.0 Å². The molecule has 5 heteroatoms. The van der Waals surface area contributed by atoms with E-state index in [1.807, 2.05) is 60.3 Å². The summed E-state index contributed by atoms with van der Waals surface area (Å²) in [4.78, 5) is 13.5. The summed E-state index contributed by atoms with van der Waals surface area (Å²) in [5, 5.41) is 11.7. The fraction of sp³-hybridized carbons (Fsp3) is 0.267. The SMILES string of the molecule is CCN(CCO)C(=O)Nc1ccc(-n2cccc2)cc1. The van der Waals surface area contributed by atoms with E-state index in [4.69, 9.17) is 5.11 Å². The Morgan fingerprint density at radius 2 is 1.90 bits per heavy atom. The number of nitrogens with zero attached hydrogens (tertiary/aromatic N) is 2. The summed E-state index contributed by atoms with van der Waals surface area (Å²) in [5.74, 6) is 0. The van der Waals surface area contributed by atoms with Crippen molar-refractivity contribution in [3.8, 4) is 5.69 Å². The van der Waals surface area contributed by atoms with Gasteiger partial charge in [0.2, 0.25) is 0 Å². The summed E-state index contributed by atoms with van der Waals surface area (Å²) in [5.41, 5.74) is 1.78. The third kappa shape index (κ3) is 3.39. The quantitative estimate of drug-likeness (QED) is 0.878. The molecule has 0 unspecified atom stereocenters. The van der Waals surface area contributed by atoms with E-state index < -0.39 is 0 Å². The first-order chi connectivity index (χ1) is 9.74. The van der Waals surface area contributed by atoms with Crippen LogP contribution < -0.4 is 5.32 Å². The molecule has 1 aromatic heterocycles. The monoisotopic (exact) mass is 273 g/mol. The minimum atomic E-state index is -0.199. The third-order valence-electron chi connectivity index (χ3n) is 3.06. The Morgan fingerprint density at radius 1 is 1.25 bits per heavy atom. The summed E-state index contributed by atoms with van der Waals surface area (Å²) in [6, 6.07) is 11.3. The first-order valence-electron chi connectivity index (χ1n) is 6.64. The molecule has 0 saturated carbocycles. The molecule has 0 radical (unpaired) electrons. The van der Waals surface area contributed by atoms with Gasteiger partial charge in [-0.05, 0) is 43.3 Å².